The maximum atomic E-state index is 12.5. The number of nitrogens with zero attached hydrogens (tertiary/aromatic N) is 5. The zero-order chi connectivity index (χ0) is 22.1. The molecule has 0 saturated carbocycles. The first kappa shape index (κ1) is 19.5. The summed E-state index contributed by atoms with van der Waals surface area (Å²) in [5, 5.41) is 11.2. The standard InChI is InChI=1S/C22H20N8O2/c1-13-10-25-22(28-18-6-8-26-30(18)2)29-19(13)17-12-32-21(27-17)20(31)24-11-14-3-4-15-5-7-23-16(15)9-14/h3-10,12,23H,11H2,1-2H3,(H,24,31)(H,25,28,29). The molecule has 0 atom stereocenters. The molecular weight excluding hydrogens is 408 g/mol. The van der Waals surface area contributed by atoms with Crippen molar-refractivity contribution in [2.24, 2.45) is 7.05 Å². The van der Waals surface area contributed by atoms with Gasteiger partial charge in [0, 0.05) is 37.6 Å². The Labute approximate surface area is 182 Å². The number of oxazole rings is 1. The Morgan fingerprint density at radius 1 is 1.22 bits per heavy atom. The number of hydrogen-bond donors (Lipinski definition) is 3. The minimum atomic E-state index is -0.400. The number of carbonyl (C=O) groups is 1. The molecule has 0 unspecified atom stereocenters. The fourth-order valence-electron chi connectivity index (χ4n) is 3.32. The molecule has 0 aliphatic heterocycles. The monoisotopic (exact) mass is 428 g/mol. The summed E-state index contributed by atoms with van der Waals surface area (Å²) in [6, 6.07) is 9.79. The van der Waals surface area contributed by atoms with Gasteiger partial charge in [-0.2, -0.15) is 5.10 Å². The van der Waals surface area contributed by atoms with Crippen molar-refractivity contribution in [1.82, 2.24) is 35.0 Å². The van der Waals surface area contributed by atoms with E-state index in [1.165, 1.54) is 6.26 Å². The molecule has 0 aliphatic carbocycles. The van der Waals surface area contributed by atoms with Gasteiger partial charge in [-0.1, -0.05) is 12.1 Å². The normalized spacial score (nSPS) is 11.1. The maximum absolute atomic E-state index is 12.5. The van der Waals surface area contributed by atoms with E-state index >= 15 is 0 Å². The number of hydrogen-bond acceptors (Lipinski definition) is 7. The summed E-state index contributed by atoms with van der Waals surface area (Å²) in [6.07, 6.45) is 6.67. The van der Waals surface area contributed by atoms with Crippen LogP contribution in [0.3, 0.4) is 0 Å². The van der Waals surface area contributed by atoms with Gasteiger partial charge in [0.25, 0.3) is 5.89 Å². The summed E-state index contributed by atoms with van der Waals surface area (Å²) in [4.78, 5) is 28.9. The number of fused-ring (bicyclic) bond motifs is 1. The molecule has 4 heterocycles. The Morgan fingerprint density at radius 2 is 2.12 bits per heavy atom. The highest BCUT2D eigenvalue weighted by Gasteiger charge is 2.17. The fourth-order valence-corrected chi connectivity index (χ4v) is 3.32. The second kappa shape index (κ2) is 7.99. The summed E-state index contributed by atoms with van der Waals surface area (Å²) >= 11 is 0. The SMILES string of the molecule is Cc1cnc(Nc2ccnn2C)nc1-c1coc(C(=O)NCc2ccc3cc[nH]c3c2)n1. The zero-order valence-electron chi connectivity index (χ0n) is 17.5. The third-order valence-corrected chi connectivity index (χ3v) is 5.05. The Morgan fingerprint density at radius 3 is 2.97 bits per heavy atom. The van der Waals surface area contributed by atoms with E-state index in [0.29, 0.717) is 23.9 Å². The molecule has 32 heavy (non-hydrogen) atoms. The molecule has 5 rings (SSSR count). The van der Waals surface area contributed by atoms with E-state index in [0.717, 1.165) is 27.8 Å². The van der Waals surface area contributed by atoms with Crippen molar-refractivity contribution in [1.29, 1.82) is 0 Å². The number of amides is 1. The van der Waals surface area contributed by atoms with E-state index in [4.69, 9.17) is 4.42 Å². The van der Waals surface area contributed by atoms with Crippen molar-refractivity contribution < 1.29 is 9.21 Å². The molecule has 3 N–H and O–H groups in total. The van der Waals surface area contributed by atoms with Crippen molar-refractivity contribution >= 4 is 28.6 Å². The highest BCUT2D eigenvalue weighted by Crippen LogP contribution is 2.22. The molecule has 10 nitrogen and oxygen atoms in total. The first-order valence-corrected chi connectivity index (χ1v) is 9.95. The van der Waals surface area contributed by atoms with Crippen LogP contribution in [0.2, 0.25) is 0 Å². The van der Waals surface area contributed by atoms with Gasteiger partial charge in [0.1, 0.15) is 23.5 Å². The van der Waals surface area contributed by atoms with Crippen LogP contribution in [0.1, 0.15) is 21.8 Å². The smallest absolute Gasteiger partial charge is 0.307 e. The lowest BCUT2D eigenvalue weighted by atomic mass is 10.1. The molecule has 0 saturated heterocycles. The Hall–Kier alpha value is -4.47. The number of anilines is 2. The van der Waals surface area contributed by atoms with Gasteiger partial charge in [-0.15, -0.1) is 0 Å². The first-order chi connectivity index (χ1) is 15.6. The van der Waals surface area contributed by atoms with Gasteiger partial charge in [0.15, 0.2) is 0 Å². The van der Waals surface area contributed by atoms with Gasteiger partial charge in [0.05, 0.1) is 6.20 Å². The third-order valence-electron chi connectivity index (χ3n) is 5.05. The highest BCUT2D eigenvalue weighted by atomic mass is 16.4. The number of aromatic nitrogens is 6. The third kappa shape index (κ3) is 3.81. The summed E-state index contributed by atoms with van der Waals surface area (Å²) in [5.74, 6) is 0.711. The molecule has 0 radical (unpaired) electrons. The number of H-pyrrole nitrogens is 1. The van der Waals surface area contributed by atoms with Crippen LogP contribution in [0.25, 0.3) is 22.3 Å². The first-order valence-electron chi connectivity index (χ1n) is 9.95. The average Bonchev–Trinajstić information content (AvgIpc) is 3.54. The molecule has 0 spiro atoms. The Balaban J connectivity index is 1.30. The molecular formula is C22H20N8O2. The van der Waals surface area contributed by atoms with Gasteiger partial charge < -0.3 is 20.0 Å². The predicted molar refractivity (Wildman–Crippen MR) is 118 cm³/mol. The van der Waals surface area contributed by atoms with E-state index in [2.05, 4.69) is 35.7 Å². The van der Waals surface area contributed by atoms with E-state index < -0.39 is 5.91 Å². The van der Waals surface area contributed by atoms with Crippen molar-refractivity contribution in [2.75, 3.05) is 5.32 Å². The molecule has 1 aromatic carbocycles. The largest absolute Gasteiger partial charge is 0.440 e. The minimum absolute atomic E-state index is 0.0277. The van der Waals surface area contributed by atoms with E-state index in [1.807, 2.05) is 50.5 Å². The van der Waals surface area contributed by atoms with Crippen LogP contribution in [0.15, 0.2) is 59.6 Å². The molecule has 160 valence electrons. The number of benzene rings is 1. The van der Waals surface area contributed by atoms with Crippen LogP contribution in [0.5, 0.6) is 0 Å². The van der Waals surface area contributed by atoms with Crippen LogP contribution >= 0.6 is 0 Å². The van der Waals surface area contributed by atoms with Crippen LogP contribution in [0, 0.1) is 6.92 Å². The van der Waals surface area contributed by atoms with Crippen molar-refractivity contribution in [3.8, 4) is 11.4 Å². The molecule has 0 fully saturated rings. The van der Waals surface area contributed by atoms with Gasteiger partial charge in [-0.25, -0.2) is 15.0 Å². The van der Waals surface area contributed by atoms with Crippen LogP contribution in [-0.2, 0) is 13.6 Å². The molecule has 1 amide bonds. The molecule has 10 heteroatoms. The fraction of sp³-hybridized carbons (Fsp3) is 0.136. The topological polar surface area (TPSA) is 127 Å². The second-order valence-electron chi connectivity index (χ2n) is 7.31. The zero-order valence-corrected chi connectivity index (χ0v) is 17.5. The van der Waals surface area contributed by atoms with Gasteiger partial charge in [-0.3, -0.25) is 9.48 Å². The maximum Gasteiger partial charge on any atom is 0.307 e. The number of aryl methyl sites for hydroxylation is 2. The second-order valence-corrected chi connectivity index (χ2v) is 7.31. The number of rotatable bonds is 6. The molecule has 5 aromatic rings. The molecule has 0 bridgehead atoms. The van der Waals surface area contributed by atoms with Gasteiger partial charge in [0.2, 0.25) is 5.95 Å². The van der Waals surface area contributed by atoms with E-state index in [-0.39, 0.29) is 5.89 Å². The van der Waals surface area contributed by atoms with Gasteiger partial charge in [-0.05, 0) is 35.6 Å². The Kier molecular flexibility index (Phi) is 4.86. The van der Waals surface area contributed by atoms with Crippen molar-refractivity contribution in [3.05, 3.63) is 72.2 Å². The summed E-state index contributed by atoms with van der Waals surface area (Å²) in [6.45, 7) is 2.23. The lowest BCUT2D eigenvalue weighted by molar-refractivity contribution is 0.0916. The highest BCUT2D eigenvalue weighted by molar-refractivity contribution is 5.90. The van der Waals surface area contributed by atoms with E-state index in [9.17, 15) is 4.79 Å². The minimum Gasteiger partial charge on any atom is -0.440 e. The summed E-state index contributed by atoms with van der Waals surface area (Å²) in [5.41, 5.74) is 3.82. The summed E-state index contributed by atoms with van der Waals surface area (Å²) in [7, 11) is 1.82. The number of aromatic amines is 1. The average molecular weight is 428 g/mol. The van der Waals surface area contributed by atoms with E-state index in [1.54, 1.807) is 17.1 Å². The lowest BCUT2D eigenvalue weighted by Crippen LogP contribution is -2.23. The number of carbonyl (C=O) groups excluding carboxylic acids is 1. The van der Waals surface area contributed by atoms with Crippen molar-refractivity contribution in [3.63, 3.8) is 0 Å². The van der Waals surface area contributed by atoms with Crippen LogP contribution in [-0.4, -0.2) is 35.6 Å². The van der Waals surface area contributed by atoms with Crippen LogP contribution < -0.4 is 10.6 Å². The Bertz CT molecular complexity index is 1410. The molecule has 0 aliphatic rings. The summed E-state index contributed by atoms with van der Waals surface area (Å²) < 4.78 is 7.10. The predicted octanol–water partition coefficient (Wildman–Crippen LogP) is 3.33. The van der Waals surface area contributed by atoms with Crippen LogP contribution in [0.4, 0.5) is 11.8 Å². The van der Waals surface area contributed by atoms with Gasteiger partial charge >= 0.3 is 5.91 Å². The number of nitrogens with one attached hydrogen (secondary N) is 3. The lowest BCUT2D eigenvalue weighted by Gasteiger charge is -2.07. The quantitative estimate of drug-likeness (QED) is 0.379. The van der Waals surface area contributed by atoms with Crippen molar-refractivity contribution in [2.45, 2.75) is 13.5 Å². The molecule has 4 aromatic heterocycles.